The molecule has 0 aliphatic heterocycles. The van der Waals surface area contributed by atoms with E-state index in [4.69, 9.17) is 4.42 Å². The van der Waals surface area contributed by atoms with Crippen LogP contribution in [0.4, 0.5) is 5.95 Å². The van der Waals surface area contributed by atoms with E-state index in [0.29, 0.717) is 23.4 Å². The first-order valence-electron chi connectivity index (χ1n) is 7.33. The predicted octanol–water partition coefficient (Wildman–Crippen LogP) is 1.65. The maximum Gasteiger partial charge on any atom is 0.240 e. The number of rotatable bonds is 8. The Hall–Kier alpha value is -3.14. The molecule has 0 aliphatic rings. The molecule has 0 fully saturated rings. The SMILES string of the molecule is O=C(CSc1n[nH]c(N/N=C\c2ccncc2)n1)NCc1ccco1. The van der Waals surface area contributed by atoms with Gasteiger partial charge in [-0.05, 0) is 29.8 Å². The molecule has 0 unspecified atom stereocenters. The van der Waals surface area contributed by atoms with Crippen LogP contribution < -0.4 is 10.7 Å². The highest BCUT2D eigenvalue weighted by Crippen LogP contribution is 2.13. The summed E-state index contributed by atoms with van der Waals surface area (Å²) in [6, 6.07) is 7.23. The topological polar surface area (TPSA) is 121 Å². The van der Waals surface area contributed by atoms with Crippen LogP contribution in [0.5, 0.6) is 0 Å². The number of anilines is 1. The largest absolute Gasteiger partial charge is 0.467 e. The summed E-state index contributed by atoms with van der Waals surface area (Å²) >= 11 is 1.22. The molecular formula is C15H15N7O2S. The molecule has 0 aromatic carbocycles. The lowest BCUT2D eigenvalue weighted by Gasteiger charge is -2.01. The van der Waals surface area contributed by atoms with E-state index in [-0.39, 0.29) is 11.7 Å². The van der Waals surface area contributed by atoms with E-state index in [9.17, 15) is 4.79 Å². The Morgan fingerprint density at radius 3 is 3.04 bits per heavy atom. The van der Waals surface area contributed by atoms with Gasteiger partial charge in [-0.25, -0.2) is 10.5 Å². The number of hydrazone groups is 1. The maximum absolute atomic E-state index is 11.8. The van der Waals surface area contributed by atoms with Crippen LogP contribution in [0.15, 0.2) is 57.6 Å². The second kappa shape index (κ2) is 8.64. The monoisotopic (exact) mass is 357 g/mol. The Kier molecular flexibility index (Phi) is 5.77. The molecule has 0 radical (unpaired) electrons. The standard InChI is InChI=1S/C15H15N7O2S/c23-13(17-9-12-2-1-7-24-12)10-25-15-19-14(21-22-15)20-18-8-11-3-5-16-6-4-11/h1-8H,9-10H2,(H,17,23)(H2,19,20,21,22)/b18-8-. The lowest BCUT2D eigenvalue weighted by atomic mass is 10.3. The van der Waals surface area contributed by atoms with Gasteiger partial charge in [-0.1, -0.05) is 11.8 Å². The number of thioether (sulfide) groups is 1. The molecule has 0 saturated carbocycles. The minimum Gasteiger partial charge on any atom is -0.467 e. The number of amides is 1. The fourth-order valence-electron chi connectivity index (χ4n) is 1.76. The van der Waals surface area contributed by atoms with Crippen LogP contribution >= 0.6 is 11.8 Å². The van der Waals surface area contributed by atoms with E-state index < -0.39 is 0 Å². The lowest BCUT2D eigenvalue weighted by Crippen LogP contribution is -2.24. The molecule has 0 bridgehead atoms. The summed E-state index contributed by atoms with van der Waals surface area (Å²) in [4.78, 5) is 19.9. The van der Waals surface area contributed by atoms with Gasteiger partial charge in [-0.2, -0.15) is 10.1 Å². The molecule has 3 aromatic rings. The number of carbonyl (C=O) groups excluding carboxylic acids is 1. The molecule has 128 valence electrons. The number of pyridine rings is 1. The average Bonchev–Trinajstić information content (AvgIpc) is 3.31. The van der Waals surface area contributed by atoms with E-state index in [0.717, 1.165) is 5.56 Å². The quantitative estimate of drug-likeness (QED) is 0.318. The van der Waals surface area contributed by atoms with Crippen molar-refractivity contribution >= 4 is 29.8 Å². The number of aromatic nitrogens is 4. The van der Waals surface area contributed by atoms with E-state index >= 15 is 0 Å². The third kappa shape index (κ3) is 5.46. The van der Waals surface area contributed by atoms with Gasteiger partial charge in [0.2, 0.25) is 17.0 Å². The molecule has 3 N–H and O–H groups in total. The van der Waals surface area contributed by atoms with Crippen LogP contribution in [0, 0.1) is 0 Å². The lowest BCUT2D eigenvalue weighted by molar-refractivity contribution is -0.118. The summed E-state index contributed by atoms with van der Waals surface area (Å²) in [7, 11) is 0. The Balaban J connectivity index is 1.40. The Morgan fingerprint density at radius 2 is 2.24 bits per heavy atom. The minimum absolute atomic E-state index is 0.128. The summed E-state index contributed by atoms with van der Waals surface area (Å²) in [6.07, 6.45) is 6.57. The molecule has 3 aromatic heterocycles. The number of nitrogens with one attached hydrogen (secondary N) is 3. The molecule has 0 spiro atoms. The number of carbonyl (C=O) groups is 1. The second-order valence-corrected chi connectivity index (χ2v) is 5.70. The highest BCUT2D eigenvalue weighted by Gasteiger charge is 2.07. The van der Waals surface area contributed by atoms with Crippen LogP contribution in [-0.4, -0.2) is 38.0 Å². The zero-order valence-corrected chi connectivity index (χ0v) is 13.9. The zero-order valence-electron chi connectivity index (χ0n) is 13.0. The van der Waals surface area contributed by atoms with Crippen molar-refractivity contribution in [1.29, 1.82) is 0 Å². The molecule has 3 heterocycles. The van der Waals surface area contributed by atoms with Gasteiger partial charge < -0.3 is 9.73 Å². The van der Waals surface area contributed by atoms with Crippen molar-refractivity contribution in [3.63, 3.8) is 0 Å². The van der Waals surface area contributed by atoms with E-state index in [1.165, 1.54) is 11.8 Å². The van der Waals surface area contributed by atoms with Gasteiger partial charge in [-0.3, -0.25) is 9.78 Å². The van der Waals surface area contributed by atoms with Gasteiger partial charge in [0.05, 0.1) is 24.8 Å². The number of furan rings is 1. The van der Waals surface area contributed by atoms with E-state index in [1.54, 1.807) is 37.0 Å². The van der Waals surface area contributed by atoms with Crippen molar-refractivity contribution in [2.75, 3.05) is 11.2 Å². The first-order chi connectivity index (χ1) is 12.3. The normalized spacial score (nSPS) is 10.9. The van der Waals surface area contributed by atoms with Gasteiger partial charge in [-0.15, -0.1) is 5.10 Å². The van der Waals surface area contributed by atoms with Gasteiger partial charge in [0.25, 0.3) is 0 Å². The molecule has 1 amide bonds. The van der Waals surface area contributed by atoms with Crippen molar-refractivity contribution in [2.45, 2.75) is 11.7 Å². The molecule has 0 aliphatic carbocycles. The fraction of sp³-hybridized carbons (Fsp3) is 0.133. The van der Waals surface area contributed by atoms with Gasteiger partial charge in [0.15, 0.2) is 0 Å². The molecule has 9 nitrogen and oxygen atoms in total. The molecular weight excluding hydrogens is 342 g/mol. The third-order valence-corrected chi connectivity index (χ3v) is 3.77. The van der Waals surface area contributed by atoms with Crippen molar-refractivity contribution in [1.82, 2.24) is 25.5 Å². The Bertz CT molecular complexity index is 818. The van der Waals surface area contributed by atoms with Crippen LogP contribution in [0.1, 0.15) is 11.3 Å². The van der Waals surface area contributed by atoms with Crippen molar-refractivity contribution in [3.8, 4) is 0 Å². The summed E-state index contributed by atoms with van der Waals surface area (Å²) in [6.45, 7) is 0.358. The number of nitrogens with zero attached hydrogens (tertiary/aromatic N) is 4. The second-order valence-electron chi connectivity index (χ2n) is 4.76. The van der Waals surface area contributed by atoms with Crippen LogP contribution in [0.3, 0.4) is 0 Å². The Labute approximate surface area is 147 Å². The highest BCUT2D eigenvalue weighted by atomic mass is 32.2. The van der Waals surface area contributed by atoms with Gasteiger partial charge in [0.1, 0.15) is 5.76 Å². The van der Waals surface area contributed by atoms with Crippen LogP contribution in [-0.2, 0) is 11.3 Å². The first kappa shape index (κ1) is 16.7. The zero-order chi connectivity index (χ0) is 17.3. The Morgan fingerprint density at radius 1 is 1.36 bits per heavy atom. The fourth-order valence-corrected chi connectivity index (χ4v) is 2.39. The van der Waals surface area contributed by atoms with Gasteiger partial charge >= 0.3 is 0 Å². The minimum atomic E-state index is -0.128. The van der Waals surface area contributed by atoms with Crippen molar-refractivity contribution < 1.29 is 9.21 Å². The number of aromatic amines is 1. The maximum atomic E-state index is 11.8. The summed E-state index contributed by atoms with van der Waals surface area (Å²) in [5, 5.41) is 14.0. The van der Waals surface area contributed by atoms with Crippen molar-refractivity contribution in [3.05, 3.63) is 54.2 Å². The average molecular weight is 357 g/mol. The third-order valence-electron chi connectivity index (χ3n) is 2.93. The number of hydrogen-bond donors (Lipinski definition) is 3. The summed E-state index contributed by atoms with van der Waals surface area (Å²) < 4.78 is 5.14. The van der Waals surface area contributed by atoms with Crippen molar-refractivity contribution in [2.24, 2.45) is 5.10 Å². The van der Waals surface area contributed by atoms with E-state index in [1.807, 2.05) is 12.1 Å². The molecule has 0 saturated heterocycles. The highest BCUT2D eigenvalue weighted by molar-refractivity contribution is 7.99. The van der Waals surface area contributed by atoms with Crippen LogP contribution in [0.25, 0.3) is 0 Å². The molecule has 0 atom stereocenters. The number of H-pyrrole nitrogens is 1. The summed E-state index contributed by atoms with van der Waals surface area (Å²) in [5.41, 5.74) is 3.65. The predicted molar refractivity (Wildman–Crippen MR) is 93.1 cm³/mol. The molecule has 10 heteroatoms. The smallest absolute Gasteiger partial charge is 0.240 e. The van der Waals surface area contributed by atoms with Crippen LogP contribution in [0.2, 0.25) is 0 Å². The first-order valence-corrected chi connectivity index (χ1v) is 8.31. The van der Waals surface area contributed by atoms with E-state index in [2.05, 4.69) is 36.0 Å². The summed E-state index contributed by atoms with van der Waals surface area (Å²) in [5.74, 6) is 1.17. The van der Waals surface area contributed by atoms with Gasteiger partial charge in [0, 0.05) is 12.4 Å². The molecule has 25 heavy (non-hydrogen) atoms. The number of hydrogen-bond acceptors (Lipinski definition) is 8. The molecule has 3 rings (SSSR count).